The first kappa shape index (κ1) is 14.4. The quantitative estimate of drug-likeness (QED) is 0.810. The van der Waals surface area contributed by atoms with Gasteiger partial charge in [0.1, 0.15) is 11.9 Å². The van der Waals surface area contributed by atoms with E-state index in [0.29, 0.717) is 40.6 Å². The highest BCUT2D eigenvalue weighted by molar-refractivity contribution is 6.32. The summed E-state index contributed by atoms with van der Waals surface area (Å²) in [4.78, 5) is 4.47. The molecule has 0 radical (unpaired) electrons. The van der Waals surface area contributed by atoms with Gasteiger partial charge in [-0.3, -0.25) is 0 Å². The van der Waals surface area contributed by atoms with Crippen LogP contribution < -0.4 is 4.74 Å². The standard InChI is InChI=1S/C15H17ClN2O3/c1-3-20-12(9-7-8-9)15-17-14(18-21-15)10-5-4-6-11(16)13(10)19-2/h4-6,9,12H,3,7-8H2,1-2H3. The zero-order valence-corrected chi connectivity index (χ0v) is 12.8. The lowest BCUT2D eigenvalue weighted by molar-refractivity contribution is 0.0230. The molecule has 0 spiro atoms. The summed E-state index contributed by atoms with van der Waals surface area (Å²) in [5, 5.41) is 4.56. The fourth-order valence-electron chi connectivity index (χ4n) is 2.34. The molecule has 0 aliphatic heterocycles. The summed E-state index contributed by atoms with van der Waals surface area (Å²) < 4.78 is 16.4. The van der Waals surface area contributed by atoms with Gasteiger partial charge in [0.25, 0.3) is 5.89 Å². The van der Waals surface area contributed by atoms with Gasteiger partial charge in [-0.15, -0.1) is 0 Å². The minimum Gasteiger partial charge on any atom is -0.494 e. The molecule has 6 heteroatoms. The van der Waals surface area contributed by atoms with Gasteiger partial charge in [-0.25, -0.2) is 0 Å². The second-order valence-electron chi connectivity index (χ2n) is 4.99. The molecule has 21 heavy (non-hydrogen) atoms. The number of hydrogen-bond acceptors (Lipinski definition) is 5. The Morgan fingerprint density at radius 2 is 2.24 bits per heavy atom. The molecule has 1 aliphatic carbocycles. The Morgan fingerprint density at radius 1 is 1.43 bits per heavy atom. The molecule has 1 aromatic carbocycles. The van der Waals surface area contributed by atoms with Crippen LogP contribution in [0.1, 0.15) is 31.8 Å². The van der Waals surface area contributed by atoms with Gasteiger partial charge < -0.3 is 14.0 Å². The Labute approximate surface area is 128 Å². The molecule has 1 unspecified atom stereocenters. The molecular weight excluding hydrogens is 292 g/mol. The van der Waals surface area contributed by atoms with Crippen molar-refractivity contribution < 1.29 is 14.0 Å². The van der Waals surface area contributed by atoms with Crippen LogP contribution in [-0.2, 0) is 4.74 Å². The third kappa shape index (κ3) is 2.89. The average Bonchev–Trinajstić information content (AvgIpc) is 3.21. The third-order valence-electron chi connectivity index (χ3n) is 3.49. The van der Waals surface area contributed by atoms with Crippen LogP contribution in [0.3, 0.4) is 0 Å². The van der Waals surface area contributed by atoms with Crippen LogP contribution in [0.4, 0.5) is 0 Å². The van der Waals surface area contributed by atoms with Crippen molar-refractivity contribution in [3.63, 3.8) is 0 Å². The van der Waals surface area contributed by atoms with Gasteiger partial charge in [-0.1, -0.05) is 22.8 Å². The van der Waals surface area contributed by atoms with E-state index in [-0.39, 0.29) is 6.10 Å². The van der Waals surface area contributed by atoms with Crippen LogP contribution in [0.15, 0.2) is 22.7 Å². The number of para-hydroxylation sites is 1. The predicted octanol–water partition coefficient (Wildman–Crippen LogP) is 3.89. The molecule has 3 rings (SSSR count). The van der Waals surface area contributed by atoms with Crippen LogP contribution in [0.5, 0.6) is 5.75 Å². The Morgan fingerprint density at radius 3 is 2.90 bits per heavy atom. The van der Waals surface area contributed by atoms with Gasteiger partial charge in [-0.05, 0) is 37.8 Å². The predicted molar refractivity (Wildman–Crippen MR) is 78.4 cm³/mol. The van der Waals surface area contributed by atoms with Crippen molar-refractivity contribution in [1.82, 2.24) is 10.1 Å². The molecule has 0 saturated heterocycles. The van der Waals surface area contributed by atoms with Gasteiger partial charge in [0, 0.05) is 6.61 Å². The maximum absolute atomic E-state index is 6.12. The number of halogens is 1. The van der Waals surface area contributed by atoms with Crippen molar-refractivity contribution in [2.75, 3.05) is 13.7 Å². The van der Waals surface area contributed by atoms with Gasteiger partial charge in [0.15, 0.2) is 0 Å². The van der Waals surface area contributed by atoms with Crippen LogP contribution in [0, 0.1) is 5.92 Å². The van der Waals surface area contributed by atoms with Crippen LogP contribution >= 0.6 is 11.6 Å². The zero-order chi connectivity index (χ0) is 14.8. The highest BCUT2D eigenvalue weighted by Gasteiger charge is 2.37. The highest BCUT2D eigenvalue weighted by Crippen LogP contribution is 2.43. The van der Waals surface area contributed by atoms with Gasteiger partial charge in [-0.2, -0.15) is 4.98 Å². The summed E-state index contributed by atoms with van der Waals surface area (Å²) in [6.45, 7) is 2.59. The fraction of sp³-hybridized carbons (Fsp3) is 0.467. The number of rotatable bonds is 6. The van der Waals surface area contributed by atoms with E-state index in [1.165, 1.54) is 0 Å². The SMILES string of the molecule is CCOC(c1nc(-c2cccc(Cl)c2OC)no1)C1CC1. The first-order valence-electron chi connectivity index (χ1n) is 7.02. The summed E-state index contributed by atoms with van der Waals surface area (Å²) in [6.07, 6.45) is 2.17. The number of aromatic nitrogens is 2. The summed E-state index contributed by atoms with van der Waals surface area (Å²) in [5.74, 6) is 2.02. The van der Waals surface area contributed by atoms with Crippen LogP contribution in [0.2, 0.25) is 5.02 Å². The van der Waals surface area contributed by atoms with E-state index < -0.39 is 0 Å². The Bertz CT molecular complexity index is 625. The molecule has 1 heterocycles. The molecule has 1 aromatic heterocycles. The monoisotopic (exact) mass is 308 g/mol. The van der Waals surface area contributed by atoms with Gasteiger partial charge >= 0.3 is 0 Å². The fourth-order valence-corrected chi connectivity index (χ4v) is 2.59. The molecule has 0 N–H and O–H groups in total. The molecule has 0 amide bonds. The Hall–Kier alpha value is -1.59. The molecule has 1 atom stereocenters. The van der Waals surface area contributed by atoms with Crippen molar-refractivity contribution in [3.8, 4) is 17.1 Å². The Kier molecular flexibility index (Phi) is 4.12. The number of ether oxygens (including phenoxy) is 2. The minimum absolute atomic E-state index is 0.110. The normalized spacial score (nSPS) is 16.0. The third-order valence-corrected chi connectivity index (χ3v) is 3.79. The van der Waals surface area contributed by atoms with E-state index >= 15 is 0 Å². The van der Waals surface area contributed by atoms with Gasteiger partial charge in [0.05, 0.1) is 17.7 Å². The molecule has 0 bridgehead atoms. The average molecular weight is 309 g/mol. The summed E-state index contributed by atoms with van der Waals surface area (Å²) >= 11 is 6.12. The van der Waals surface area contributed by atoms with E-state index in [9.17, 15) is 0 Å². The molecule has 5 nitrogen and oxygen atoms in total. The largest absolute Gasteiger partial charge is 0.494 e. The van der Waals surface area contributed by atoms with Crippen LogP contribution in [-0.4, -0.2) is 23.9 Å². The maximum Gasteiger partial charge on any atom is 0.256 e. The molecule has 1 saturated carbocycles. The number of methoxy groups -OCH3 is 1. The van der Waals surface area contributed by atoms with E-state index in [2.05, 4.69) is 10.1 Å². The second-order valence-corrected chi connectivity index (χ2v) is 5.40. The topological polar surface area (TPSA) is 57.4 Å². The zero-order valence-electron chi connectivity index (χ0n) is 12.0. The molecule has 1 aliphatic rings. The van der Waals surface area contributed by atoms with Crippen molar-refractivity contribution in [2.45, 2.75) is 25.9 Å². The lowest BCUT2D eigenvalue weighted by Crippen LogP contribution is -2.06. The molecule has 2 aromatic rings. The highest BCUT2D eigenvalue weighted by atomic mass is 35.5. The summed E-state index contributed by atoms with van der Waals surface area (Å²) in [7, 11) is 1.57. The summed E-state index contributed by atoms with van der Waals surface area (Å²) in [6, 6.07) is 5.45. The second kappa shape index (κ2) is 6.03. The lowest BCUT2D eigenvalue weighted by atomic mass is 10.2. The first-order valence-corrected chi connectivity index (χ1v) is 7.40. The van der Waals surface area contributed by atoms with E-state index in [1.54, 1.807) is 13.2 Å². The van der Waals surface area contributed by atoms with E-state index in [0.717, 1.165) is 12.8 Å². The number of hydrogen-bond donors (Lipinski definition) is 0. The number of benzene rings is 1. The maximum atomic E-state index is 6.12. The van der Waals surface area contributed by atoms with Gasteiger partial charge in [0.2, 0.25) is 5.82 Å². The molecule has 112 valence electrons. The lowest BCUT2D eigenvalue weighted by Gasteiger charge is -2.10. The Balaban J connectivity index is 1.92. The molecule has 1 fully saturated rings. The van der Waals surface area contributed by atoms with Crippen molar-refractivity contribution in [1.29, 1.82) is 0 Å². The number of nitrogens with zero attached hydrogens (tertiary/aromatic N) is 2. The minimum atomic E-state index is -0.110. The van der Waals surface area contributed by atoms with E-state index in [1.807, 2.05) is 19.1 Å². The van der Waals surface area contributed by atoms with Crippen LogP contribution in [0.25, 0.3) is 11.4 Å². The van der Waals surface area contributed by atoms with Crippen molar-refractivity contribution in [3.05, 3.63) is 29.1 Å². The van der Waals surface area contributed by atoms with Crippen molar-refractivity contribution >= 4 is 11.6 Å². The summed E-state index contributed by atoms with van der Waals surface area (Å²) in [5.41, 5.74) is 0.714. The molecular formula is C15H17ClN2O3. The van der Waals surface area contributed by atoms with E-state index in [4.69, 9.17) is 25.6 Å². The first-order chi connectivity index (χ1) is 10.2. The smallest absolute Gasteiger partial charge is 0.256 e. The van der Waals surface area contributed by atoms with Crippen molar-refractivity contribution in [2.24, 2.45) is 5.92 Å².